The first-order chi connectivity index (χ1) is 13.0. The number of carboxylic acids is 2. The molecule has 0 amide bonds. The molecule has 5 nitrogen and oxygen atoms in total. The highest BCUT2D eigenvalue weighted by atomic mass is 79.9. The maximum atomic E-state index is 11.7. The van der Waals surface area contributed by atoms with Crippen molar-refractivity contribution < 1.29 is 24.3 Å². The van der Waals surface area contributed by atoms with Gasteiger partial charge in [-0.1, -0.05) is 60.7 Å². The van der Waals surface area contributed by atoms with Crippen LogP contribution in [-0.2, 0) is 0 Å². The lowest BCUT2D eigenvalue weighted by Crippen LogP contribution is -2.16. The molecule has 7 heteroatoms. The number of carboxylic acid groups (broad SMARTS) is 2. The SMILES string of the molecule is O=C(O)c1cc(OP(c2ccccc2)c2ccccc2)c(C(=O)O)cc1Br. The molecule has 0 radical (unpaired) electrons. The van der Waals surface area contributed by atoms with Crippen molar-refractivity contribution in [2.75, 3.05) is 0 Å². The van der Waals surface area contributed by atoms with Gasteiger partial charge in [-0.3, -0.25) is 0 Å². The van der Waals surface area contributed by atoms with E-state index in [0.717, 1.165) is 10.6 Å². The Hall–Kier alpha value is -2.69. The topological polar surface area (TPSA) is 83.8 Å². The summed E-state index contributed by atoms with van der Waals surface area (Å²) >= 11 is 3.11. The van der Waals surface area contributed by atoms with E-state index in [1.165, 1.54) is 12.1 Å². The minimum Gasteiger partial charge on any atom is -0.478 e. The fourth-order valence-corrected chi connectivity index (χ4v) is 4.70. The van der Waals surface area contributed by atoms with Crippen LogP contribution in [-0.4, -0.2) is 22.2 Å². The van der Waals surface area contributed by atoms with E-state index < -0.39 is 20.1 Å². The van der Waals surface area contributed by atoms with Gasteiger partial charge in [0, 0.05) is 15.1 Å². The maximum absolute atomic E-state index is 11.7. The summed E-state index contributed by atoms with van der Waals surface area (Å²) in [6, 6.07) is 21.4. The molecule has 0 saturated heterocycles. The van der Waals surface area contributed by atoms with Gasteiger partial charge in [0.2, 0.25) is 0 Å². The minimum absolute atomic E-state index is 0.0157. The Labute approximate surface area is 165 Å². The zero-order chi connectivity index (χ0) is 19.4. The lowest BCUT2D eigenvalue weighted by molar-refractivity contribution is 0.0678. The van der Waals surface area contributed by atoms with E-state index in [-0.39, 0.29) is 21.3 Å². The smallest absolute Gasteiger partial charge is 0.339 e. The Morgan fingerprint density at radius 1 is 0.778 bits per heavy atom. The number of aromatic carboxylic acids is 2. The molecule has 0 spiro atoms. The molecule has 0 aromatic heterocycles. The van der Waals surface area contributed by atoms with Gasteiger partial charge in [0.1, 0.15) is 11.3 Å². The van der Waals surface area contributed by atoms with E-state index in [1.54, 1.807) is 0 Å². The van der Waals surface area contributed by atoms with Gasteiger partial charge >= 0.3 is 11.9 Å². The summed E-state index contributed by atoms with van der Waals surface area (Å²) < 4.78 is 6.31. The first kappa shape index (κ1) is 19.1. The van der Waals surface area contributed by atoms with Crippen molar-refractivity contribution in [2.45, 2.75) is 0 Å². The van der Waals surface area contributed by atoms with Crippen LogP contribution in [0, 0.1) is 0 Å². The highest BCUT2D eigenvalue weighted by Gasteiger charge is 2.23. The first-order valence-corrected chi connectivity index (χ1v) is 9.91. The summed E-state index contributed by atoms with van der Waals surface area (Å²) in [4.78, 5) is 23.1. The normalized spacial score (nSPS) is 10.6. The molecule has 0 saturated carbocycles. The van der Waals surface area contributed by atoms with E-state index >= 15 is 0 Å². The molecule has 0 bridgehead atoms. The van der Waals surface area contributed by atoms with Crippen LogP contribution in [0.2, 0.25) is 0 Å². The molecule has 0 aliphatic rings. The molecule has 0 atom stereocenters. The van der Waals surface area contributed by atoms with Crippen molar-refractivity contribution >= 4 is 46.6 Å². The molecular formula is C20H14BrO5P. The molecule has 3 rings (SSSR count). The number of benzene rings is 3. The van der Waals surface area contributed by atoms with E-state index in [2.05, 4.69) is 15.9 Å². The third-order valence-corrected chi connectivity index (χ3v) is 6.27. The minimum atomic E-state index is -1.38. The summed E-state index contributed by atoms with van der Waals surface area (Å²) in [5, 5.41) is 20.7. The molecule has 0 aliphatic carbocycles. The number of hydrogen-bond acceptors (Lipinski definition) is 3. The first-order valence-electron chi connectivity index (χ1n) is 7.85. The second-order valence-electron chi connectivity index (χ2n) is 5.50. The van der Waals surface area contributed by atoms with Crippen molar-refractivity contribution in [3.05, 3.63) is 88.4 Å². The van der Waals surface area contributed by atoms with Gasteiger partial charge in [0.15, 0.2) is 8.15 Å². The number of hydrogen-bond donors (Lipinski definition) is 2. The van der Waals surface area contributed by atoms with Gasteiger partial charge in [0.05, 0.1) is 5.56 Å². The van der Waals surface area contributed by atoms with E-state index in [0.29, 0.717) is 0 Å². The second kappa shape index (κ2) is 8.33. The van der Waals surface area contributed by atoms with Crippen molar-refractivity contribution in [3.8, 4) is 5.75 Å². The highest BCUT2D eigenvalue weighted by molar-refractivity contribution is 9.10. The maximum Gasteiger partial charge on any atom is 0.339 e. The van der Waals surface area contributed by atoms with Crippen LogP contribution in [0.4, 0.5) is 0 Å². The number of halogens is 1. The summed E-state index contributed by atoms with van der Waals surface area (Å²) in [7, 11) is -1.38. The van der Waals surface area contributed by atoms with Gasteiger partial charge < -0.3 is 14.7 Å². The van der Waals surface area contributed by atoms with E-state index in [4.69, 9.17) is 4.52 Å². The third kappa shape index (κ3) is 4.35. The molecule has 0 unspecified atom stereocenters. The average molecular weight is 445 g/mol. The lowest BCUT2D eigenvalue weighted by atomic mass is 10.1. The fraction of sp³-hybridized carbons (Fsp3) is 0. The predicted octanol–water partition coefficient (Wildman–Crippen LogP) is 4.27. The van der Waals surface area contributed by atoms with Crippen molar-refractivity contribution in [1.29, 1.82) is 0 Å². The van der Waals surface area contributed by atoms with Crippen molar-refractivity contribution in [1.82, 2.24) is 0 Å². The molecule has 2 N–H and O–H groups in total. The summed E-state index contributed by atoms with van der Waals surface area (Å²) in [5.41, 5.74) is -0.169. The molecule has 136 valence electrons. The van der Waals surface area contributed by atoms with E-state index in [1.807, 2.05) is 60.7 Å². The average Bonchev–Trinajstić information content (AvgIpc) is 2.67. The largest absolute Gasteiger partial charge is 0.478 e. The molecule has 0 heterocycles. The molecule has 27 heavy (non-hydrogen) atoms. The molecule has 0 aliphatic heterocycles. The Bertz CT molecular complexity index is 937. The van der Waals surface area contributed by atoms with Gasteiger partial charge in [0.25, 0.3) is 0 Å². The lowest BCUT2D eigenvalue weighted by Gasteiger charge is -2.21. The predicted molar refractivity (Wildman–Crippen MR) is 108 cm³/mol. The Morgan fingerprint density at radius 3 is 1.70 bits per heavy atom. The molecule has 3 aromatic carbocycles. The van der Waals surface area contributed by atoms with Crippen LogP contribution in [0.5, 0.6) is 5.75 Å². The van der Waals surface area contributed by atoms with Gasteiger partial charge in [-0.15, -0.1) is 0 Å². The Balaban J connectivity index is 2.12. The monoisotopic (exact) mass is 444 g/mol. The Morgan fingerprint density at radius 2 is 1.26 bits per heavy atom. The van der Waals surface area contributed by atoms with Crippen LogP contribution in [0.15, 0.2) is 77.3 Å². The quantitative estimate of drug-likeness (QED) is 0.554. The van der Waals surface area contributed by atoms with Crippen LogP contribution >= 0.6 is 24.1 Å². The Kier molecular flexibility index (Phi) is 5.89. The summed E-state index contributed by atoms with van der Waals surface area (Å²) in [5.74, 6) is -2.35. The van der Waals surface area contributed by atoms with Crippen molar-refractivity contribution in [3.63, 3.8) is 0 Å². The summed E-state index contributed by atoms with van der Waals surface area (Å²) in [6.45, 7) is 0. The molecular weight excluding hydrogens is 431 g/mol. The summed E-state index contributed by atoms with van der Waals surface area (Å²) in [6.07, 6.45) is 0. The fourth-order valence-electron chi connectivity index (χ4n) is 2.44. The van der Waals surface area contributed by atoms with Crippen molar-refractivity contribution in [2.24, 2.45) is 0 Å². The van der Waals surface area contributed by atoms with Gasteiger partial charge in [-0.25, -0.2) is 9.59 Å². The van der Waals surface area contributed by atoms with Crippen LogP contribution < -0.4 is 15.1 Å². The molecule has 0 fully saturated rings. The standard InChI is InChI=1S/C20H14BrO5P/c21-17-11-16(20(24)25)18(12-15(17)19(22)23)26-27(13-7-3-1-4-8-13)14-9-5-2-6-10-14/h1-12H,(H,22,23)(H,24,25). The molecule has 3 aromatic rings. The highest BCUT2D eigenvalue weighted by Crippen LogP contribution is 2.39. The second-order valence-corrected chi connectivity index (χ2v) is 8.15. The van der Waals surface area contributed by atoms with E-state index in [9.17, 15) is 19.8 Å². The van der Waals surface area contributed by atoms with Gasteiger partial charge in [-0.2, -0.15) is 0 Å². The number of carbonyl (C=O) groups is 2. The zero-order valence-corrected chi connectivity index (χ0v) is 16.4. The zero-order valence-electron chi connectivity index (χ0n) is 13.9. The third-order valence-electron chi connectivity index (χ3n) is 3.70. The van der Waals surface area contributed by atoms with Crippen LogP contribution in [0.1, 0.15) is 20.7 Å². The number of rotatable bonds is 6. The van der Waals surface area contributed by atoms with Crippen LogP contribution in [0.3, 0.4) is 0 Å². The van der Waals surface area contributed by atoms with Gasteiger partial charge in [-0.05, 0) is 28.1 Å². The van der Waals surface area contributed by atoms with Crippen LogP contribution in [0.25, 0.3) is 0 Å².